The fraction of sp³-hybridized carbons (Fsp3) is 0.300. The summed E-state index contributed by atoms with van der Waals surface area (Å²) >= 11 is 0. The van der Waals surface area contributed by atoms with Crippen LogP contribution in [0.2, 0.25) is 0 Å². The molecule has 2 aromatic heterocycles. The standard InChI is InChI=1S/C20H20FN3O2/c1-12-19(24-9-3-2-4-17(24)22-12)20(26)23-18(14-10-16(25)11-14)13-5-7-15(21)8-6-13/h2-9,14,16,18,25H,10-11H2,1H3,(H,23,26)/t14?,16?,18-/m1/s1. The van der Waals surface area contributed by atoms with Crippen LogP contribution >= 0.6 is 0 Å². The van der Waals surface area contributed by atoms with Crippen molar-refractivity contribution in [3.63, 3.8) is 0 Å². The van der Waals surface area contributed by atoms with Crippen LogP contribution in [0.25, 0.3) is 5.65 Å². The van der Waals surface area contributed by atoms with Gasteiger partial charge in [0.05, 0.1) is 17.8 Å². The van der Waals surface area contributed by atoms with E-state index in [1.807, 2.05) is 31.3 Å². The van der Waals surface area contributed by atoms with Crippen LogP contribution < -0.4 is 5.32 Å². The van der Waals surface area contributed by atoms with Crippen molar-refractivity contribution < 1.29 is 14.3 Å². The molecular formula is C20H20FN3O2. The molecule has 1 fully saturated rings. The van der Waals surface area contributed by atoms with Gasteiger partial charge >= 0.3 is 0 Å². The third-order valence-corrected chi connectivity index (χ3v) is 5.06. The zero-order valence-electron chi connectivity index (χ0n) is 14.4. The summed E-state index contributed by atoms with van der Waals surface area (Å²) in [6.07, 6.45) is 2.71. The average molecular weight is 353 g/mol. The largest absolute Gasteiger partial charge is 0.393 e. The lowest BCUT2D eigenvalue weighted by molar-refractivity contribution is 0.0234. The van der Waals surface area contributed by atoms with Crippen molar-refractivity contribution >= 4 is 11.6 Å². The van der Waals surface area contributed by atoms with E-state index in [0.717, 1.165) is 5.56 Å². The summed E-state index contributed by atoms with van der Waals surface area (Å²) in [6.45, 7) is 1.81. The summed E-state index contributed by atoms with van der Waals surface area (Å²) in [5.41, 5.74) is 2.70. The van der Waals surface area contributed by atoms with E-state index in [9.17, 15) is 14.3 Å². The van der Waals surface area contributed by atoms with Crippen LogP contribution in [0, 0.1) is 18.7 Å². The second-order valence-electron chi connectivity index (χ2n) is 6.86. The molecule has 4 rings (SSSR count). The number of carbonyl (C=O) groups excluding carboxylic acids is 1. The van der Waals surface area contributed by atoms with Crippen molar-refractivity contribution in [3.05, 3.63) is 71.4 Å². The summed E-state index contributed by atoms with van der Waals surface area (Å²) < 4.78 is 15.0. The van der Waals surface area contributed by atoms with Gasteiger partial charge in [-0.15, -0.1) is 0 Å². The van der Waals surface area contributed by atoms with E-state index in [-0.39, 0.29) is 29.8 Å². The van der Waals surface area contributed by atoms with Gasteiger partial charge in [-0.2, -0.15) is 0 Å². The predicted molar refractivity (Wildman–Crippen MR) is 95.3 cm³/mol. The van der Waals surface area contributed by atoms with Crippen molar-refractivity contribution in [3.8, 4) is 0 Å². The molecule has 26 heavy (non-hydrogen) atoms. The van der Waals surface area contributed by atoms with Crippen LogP contribution in [0.3, 0.4) is 0 Å². The molecule has 1 atom stereocenters. The number of halogens is 1. The number of aliphatic hydroxyl groups excluding tert-OH is 1. The van der Waals surface area contributed by atoms with Gasteiger partial charge in [-0.25, -0.2) is 9.37 Å². The van der Waals surface area contributed by atoms with Crippen molar-refractivity contribution in [2.24, 2.45) is 5.92 Å². The van der Waals surface area contributed by atoms with Crippen molar-refractivity contribution in [1.82, 2.24) is 14.7 Å². The van der Waals surface area contributed by atoms with Gasteiger partial charge in [0.1, 0.15) is 17.2 Å². The molecule has 1 aliphatic rings. The molecule has 0 bridgehead atoms. The Morgan fingerprint density at radius 2 is 2.00 bits per heavy atom. The third kappa shape index (κ3) is 2.97. The Labute approximate surface area is 150 Å². The molecule has 5 nitrogen and oxygen atoms in total. The Morgan fingerprint density at radius 1 is 1.27 bits per heavy atom. The zero-order valence-corrected chi connectivity index (χ0v) is 14.4. The Morgan fingerprint density at radius 3 is 2.69 bits per heavy atom. The van der Waals surface area contributed by atoms with E-state index in [1.54, 1.807) is 16.5 Å². The molecule has 1 saturated carbocycles. The van der Waals surface area contributed by atoms with Crippen LogP contribution in [-0.4, -0.2) is 26.5 Å². The molecule has 0 saturated heterocycles. The lowest BCUT2D eigenvalue weighted by Gasteiger charge is -2.38. The highest BCUT2D eigenvalue weighted by Gasteiger charge is 2.36. The molecule has 0 unspecified atom stereocenters. The zero-order chi connectivity index (χ0) is 18.3. The van der Waals surface area contributed by atoms with E-state index in [0.29, 0.717) is 29.9 Å². The minimum absolute atomic E-state index is 0.124. The molecule has 3 aromatic rings. The van der Waals surface area contributed by atoms with Crippen LogP contribution in [-0.2, 0) is 0 Å². The van der Waals surface area contributed by atoms with Crippen LogP contribution in [0.4, 0.5) is 4.39 Å². The number of aryl methyl sites for hydroxylation is 1. The van der Waals surface area contributed by atoms with Crippen LogP contribution in [0.1, 0.15) is 40.6 Å². The monoisotopic (exact) mass is 353 g/mol. The van der Waals surface area contributed by atoms with E-state index < -0.39 is 0 Å². The summed E-state index contributed by atoms with van der Waals surface area (Å²) in [5, 5.41) is 12.8. The molecule has 6 heteroatoms. The quantitative estimate of drug-likeness (QED) is 0.758. The molecule has 0 spiro atoms. The Balaban J connectivity index is 1.65. The highest BCUT2D eigenvalue weighted by atomic mass is 19.1. The number of rotatable bonds is 4. The van der Waals surface area contributed by atoms with Gasteiger partial charge in [-0.1, -0.05) is 18.2 Å². The molecular weight excluding hydrogens is 333 g/mol. The number of aromatic nitrogens is 2. The van der Waals surface area contributed by atoms with Gasteiger partial charge in [-0.05, 0) is 55.5 Å². The first-order valence-corrected chi connectivity index (χ1v) is 8.71. The summed E-state index contributed by atoms with van der Waals surface area (Å²) in [4.78, 5) is 17.4. The minimum atomic E-state index is -0.336. The number of benzene rings is 1. The van der Waals surface area contributed by atoms with E-state index in [2.05, 4.69) is 10.3 Å². The predicted octanol–water partition coefficient (Wildman–Crippen LogP) is 3.02. The van der Waals surface area contributed by atoms with E-state index in [1.165, 1.54) is 12.1 Å². The number of nitrogens with one attached hydrogen (secondary N) is 1. The lowest BCUT2D eigenvalue weighted by atomic mass is 9.75. The summed E-state index contributed by atoms with van der Waals surface area (Å²) in [5.74, 6) is -0.416. The molecule has 0 radical (unpaired) electrons. The van der Waals surface area contributed by atoms with Crippen molar-refractivity contribution in [2.75, 3.05) is 0 Å². The molecule has 1 aliphatic carbocycles. The molecule has 1 amide bonds. The third-order valence-electron chi connectivity index (χ3n) is 5.06. The molecule has 2 heterocycles. The number of fused-ring (bicyclic) bond motifs is 1. The highest BCUT2D eigenvalue weighted by Crippen LogP contribution is 2.38. The number of carbonyl (C=O) groups is 1. The maximum absolute atomic E-state index is 13.3. The number of hydrogen-bond donors (Lipinski definition) is 2. The molecule has 2 N–H and O–H groups in total. The number of hydrogen-bond acceptors (Lipinski definition) is 3. The number of pyridine rings is 1. The topological polar surface area (TPSA) is 66.6 Å². The number of imidazole rings is 1. The second kappa shape index (κ2) is 6.53. The lowest BCUT2D eigenvalue weighted by Crippen LogP contribution is -2.41. The fourth-order valence-electron chi connectivity index (χ4n) is 3.64. The van der Waals surface area contributed by atoms with Gasteiger partial charge in [0.15, 0.2) is 0 Å². The van der Waals surface area contributed by atoms with E-state index >= 15 is 0 Å². The summed E-state index contributed by atoms with van der Waals surface area (Å²) in [7, 11) is 0. The summed E-state index contributed by atoms with van der Waals surface area (Å²) in [6, 6.07) is 11.5. The first kappa shape index (κ1) is 16.7. The van der Waals surface area contributed by atoms with Gasteiger partial charge in [-0.3, -0.25) is 9.20 Å². The number of aliphatic hydroxyl groups is 1. The second-order valence-corrected chi connectivity index (χ2v) is 6.86. The van der Waals surface area contributed by atoms with Crippen LogP contribution in [0.5, 0.6) is 0 Å². The smallest absolute Gasteiger partial charge is 0.270 e. The first-order valence-electron chi connectivity index (χ1n) is 8.71. The van der Waals surface area contributed by atoms with Gasteiger partial charge in [0.25, 0.3) is 5.91 Å². The maximum atomic E-state index is 13.3. The Hall–Kier alpha value is -2.73. The van der Waals surface area contributed by atoms with Crippen molar-refractivity contribution in [2.45, 2.75) is 31.9 Å². The molecule has 0 aliphatic heterocycles. The Bertz CT molecular complexity index is 945. The molecule has 134 valence electrons. The number of amides is 1. The van der Waals surface area contributed by atoms with Gasteiger partial charge < -0.3 is 10.4 Å². The fourth-order valence-corrected chi connectivity index (χ4v) is 3.64. The first-order chi connectivity index (χ1) is 12.5. The van der Waals surface area contributed by atoms with Crippen molar-refractivity contribution in [1.29, 1.82) is 0 Å². The van der Waals surface area contributed by atoms with E-state index in [4.69, 9.17) is 0 Å². The Kier molecular flexibility index (Phi) is 4.20. The normalized spacial score (nSPS) is 20.6. The highest BCUT2D eigenvalue weighted by molar-refractivity contribution is 5.95. The minimum Gasteiger partial charge on any atom is -0.393 e. The van der Waals surface area contributed by atoms with Gasteiger partial charge in [0.2, 0.25) is 0 Å². The number of nitrogens with zero attached hydrogens (tertiary/aromatic N) is 2. The maximum Gasteiger partial charge on any atom is 0.270 e. The SMILES string of the molecule is Cc1nc2ccccn2c1C(=O)N[C@H](c1ccc(F)cc1)C1CC(O)C1. The average Bonchev–Trinajstić information content (AvgIpc) is 2.94. The molecule has 1 aromatic carbocycles. The van der Waals surface area contributed by atoms with Gasteiger partial charge in [0, 0.05) is 6.20 Å². The van der Waals surface area contributed by atoms with Crippen LogP contribution in [0.15, 0.2) is 48.7 Å².